The lowest BCUT2D eigenvalue weighted by atomic mass is 9.81. The SMILES string of the molecule is CC(C)(c1ccc(-c2ccccc2)c(F)c1)c1cc(/N=C2\NC(=O)CN2CCO)on1. The average Bonchev–Trinajstić information content (AvgIpc) is 3.36. The molecule has 0 spiro atoms. The number of halogens is 1. The van der Waals surface area contributed by atoms with Crippen LogP contribution in [-0.4, -0.2) is 46.7 Å². The number of aliphatic hydroxyl groups is 1. The number of aliphatic hydroxyl groups excluding tert-OH is 1. The van der Waals surface area contributed by atoms with Crippen LogP contribution in [-0.2, 0) is 10.2 Å². The van der Waals surface area contributed by atoms with Crippen LogP contribution in [0.4, 0.5) is 10.3 Å². The van der Waals surface area contributed by atoms with E-state index >= 15 is 0 Å². The highest BCUT2D eigenvalue weighted by molar-refractivity contribution is 6.04. The maximum atomic E-state index is 14.9. The zero-order valence-corrected chi connectivity index (χ0v) is 17.3. The van der Waals surface area contributed by atoms with Gasteiger partial charge in [0.1, 0.15) is 12.4 Å². The number of aliphatic imine (C=N–C) groups is 1. The van der Waals surface area contributed by atoms with E-state index in [4.69, 9.17) is 9.63 Å². The zero-order chi connectivity index (χ0) is 22.0. The zero-order valence-electron chi connectivity index (χ0n) is 17.3. The van der Waals surface area contributed by atoms with E-state index in [0.29, 0.717) is 17.2 Å². The first-order valence-corrected chi connectivity index (χ1v) is 9.95. The van der Waals surface area contributed by atoms with Crippen LogP contribution < -0.4 is 5.32 Å². The first-order valence-electron chi connectivity index (χ1n) is 9.95. The monoisotopic (exact) mass is 422 g/mol. The van der Waals surface area contributed by atoms with E-state index < -0.39 is 5.41 Å². The Morgan fingerprint density at radius 2 is 2.00 bits per heavy atom. The second kappa shape index (κ2) is 8.31. The lowest BCUT2D eigenvalue weighted by Crippen LogP contribution is -2.32. The Labute approximate surface area is 179 Å². The number of carbonyl (C=O) groups excluding carboxylic acids is 1. The molecule has 1 saturated heterocycles. The van der Waals surface area contributed by atoms with E-state index in [2.05, 4.69) is 15.5 Å². The molecule has 0 radical (unpaired) electrons. The smallest absolute Gasteiger partial charge is 0.253 e. The summed E-state index contributed by atoms with van der Waals surface area (Å²) in [7, 11) is 0. The fourth-order valence-corrected chi connectivity index (χ4v) is 3.52. The highest BCUT2D eigenvalue weighted by Crippen LogP contribution is 2.35. The molecule has 4 rings (SSSR count). The summed E-state index contributed by atoms with van der Waals surface area (Å²) in [6, 6.07) is 16.2. The summed E-state index contributed by atoms with van der Waals surface area (Å²) < 4.78 is 20.2. The van der Waals surface area contributed by atoms with Crippen LogP contribution in [0.15, 0.2) is 64.1 Å². The molecule has 7 nitrogen and oxygen atoms in total. The standard InChI is InChI=1S/C23H23FN4O3/c1-23(2,16-8-9-17(18(24)12-16)15-6-4-3-5-7-15)19-13-21(31-27-19)26-22-25-20(30)14-28(22)10-11-29/h3-9,12-13,29H,10-11,14H2,1-2H3,(H,25,26,30). The van der Waals surface area contributed by atoms with Crippen molar-refractivity contribution in [3.63, 3.8) is 0 Å². The van der Waals surface area contributed by atoms with Crippen molar-refractivity contribution < 1.29 is 18.8 Å². The van der Waals surface area contributed by atoms with Crippen molar-refractivity contribution in [2.45, 2.75) is 19.3 Å². The van der Waals surface area contributed by atoms with E-state index in [1.807, 2.05) is 50.2 Å². The number of guanidine groups is 1. The van der Waals surface area contributed by atoms with Gasteiger partial charge < -0.3 is 14.5 Å². The van der Waals surface area contributed by atoms with Crippen molar-refractivity contribution in [3.8, 4) is 11.1 Å². The van der Waals surface area contributed by atoms with Gasteiger partial charge in [-0.05, 0) is 17.2 Å². The second-order valence-electron chi connectivity index (χ2n) is 7.86. The van der Waals surface area contributed by atoms with Gasteiger partial charge in [0, 0.05) is 23.6 Å². The van der Waals surface area contributed by atoms with Crippen molar-refractivity contribution in [1.82, 2.24) is 15.4 Å². The molecule has 1 aliphatic rings. The van der Waals surface area contributed by atoms with Crippen molar-refractivity contribution in [1.29, 1.82) is 0 Å². The molecule has 1 aromatic heterocycles. The Bertz CT molecular complexity index is 1120. The van der Waals surface area contributed by atoms with Crippen molar-refractivity contribution in [3.05, 3.63) is 71.7 Å². The maximum absolute atomic E-state index is 14.9. The van der Waals surface area contributed by atoms with E-state index in [-0.39, 0.29) is 37.3 Å². The van der Waals surface area contributed by atoms with Crippen LogP contribution >= 0.6 is 0 Å². The highest BCUT2D eigenvalue weighted by atomic mass is 19.1. The topological polar surface area (TPSA) is 91.0 Å². The number of nitrogens with one attached hydrogen (secondary N) is 1. The van der Waals surface area contributed by atoms with E-state index in [1.54, 1.807) is 17.0 Å². The van der Waals surface area contributed by atoms with Gasteiger partial charge >= 0.3 is 0 Å². The molecule has 2 aromatic carbocycles. The molecule has 1 amide bonds. The number of hydrogen-bond donors (Lipinski definition) is 2. The van der Waals surface area contributed by atoms with Crippen LogP contribution in [0.5, 0.6) is 0 Å². The number of rotatable bonds is 6. The first kappa shape index (κ1) is 20.7. The molecule has 0 aliphatic carbocycles. The Morgan fingerprint density at radius 3 is 2.71 bits per heavy atom. The van der Waals surface area contributed by atoms with Gasteiger partial charge in [0.05, 0.1) is 12.3 Å². The van der Waals surface area contributed by atoms with Crippen LogP contribution in [0.3, 0.4) is 0 Å². The number of β-amino-alcohol motifs (C(OH)–C–C–N with tert-alkyl or cyclic N) is 1. The summed E-state index contributed by atoms with van der Waals surface area (Å²) in [5, 5.41) is 15.9. The lowest BCUT2D eigenvalue weighted by Gasteiger charge is -2.23. The van der Waals surface area contributed by atoms with Crippen LogP contribution in [0.25, 0.3) is 11.1 Å². The van der Waals surface area contributed by atoms with Gasteiger partial charge in [-0.3, -0.25) is 10.1 Å². The summed E-state index contributed by atoms with van der Waals surface area (Å²) in [6.07, 6.45) is 0. The molecular formula is C23H23FN4O3. The molecule has 2 N–H and O–H groups in total. The Hall–Kier alpha value is -3.52. The summed E-state index contributed by atoms with van der Waals surface area (Å²) in [6.45, 7) is 4.14. The van der Waals surface area contributed by atoms with Crippen molar-refractivity contribution in [2.75, 3.05) is 19.7 Å². The number of amides is 1. The summed E-state index contributed by atoms with van der Waals surface area (Å²) in [4.78, 5) is 17.6. The molecule has 8 heteroatoms. The minimum Gasteiger partial charge on any atom is -0.395 e. The first-order chi connectivity index (χ1) is 14.9. The van der Waals surface area contributed by atoms with E-state index in [1.165, 1.54) is 6.07 Å². The molecular weight excluding hydrogens is 399 g/mol. The van der Waals surface area contributed by atoms with Crippen molar-refractivity contribution in [2.24, 2.45) is 4.99 Å². The molecule has 160 valence electrons. The minimum absolute atomic E-state index is 0.104. The molecule has 0 unspecified atom stereocenters. The van der Waals surface area contributed by atoms with Gasteiger partial charge in [-0.1, -0.05) is 61.5 Å². The van der Waals surface area contributed by atoms with Gasteiger partial charge in [0.15, 0.2) is 0 Å². The Morgan fingerprint density at radius 1 is 1.23 bits per heavy atom. The molecule has 0 saturated carbocycles. The fourth-order valence-electron chi connectivity index (χ4n) is 3.52. The molecule has 0 bridgehead atoms. The third kappa shape index (κ3) is 4.20. The molecule has 0 atom stereocenters. The third-order valence-electron chi connectivity index (χ3n) is 5.38. The predicted octanol–water partition coefficient (Wildman–Crippen LogP) is 3.22. The normalized spacial score (nSPS) is 15.5. The van der Waals surface area contributed by atoms with Gasteiger partial charge in [-0.25, -0.2) is 4.39 Å². The third-order valence-corrected chi connectivity index (χ3v) is 5.38. The van der Waals surface area contributed by atoms with Crippen molar-refractivity contribution >= 4 is 17.8 Å². The number of benzene rings is 2. The van der Waals surface area contributed by atoms with Gasteiger partial charge in [-0.2, -0.15) is 4.99 Å². The fraction of sp³-hybridized carbons (Fsp3) is 0.261. The van der Waals surface area contributed by atoms with Crippen LogP contribution in [0.1, 0.15) is 25.1 Å². The average molecular weight is 422 g/mol. The highest BCUT2D eigenvalue weighted by Gasteiger charge is 2.29. The van der Waals surface area contributed by atoms with E-state index in [0.717, 1.165) is 11.1 Å². The Kier molecular flexibility index (Phi) is 5.56. The van der Waals surface area contributed by atoms with Gasteiger partial charge in [0.2, 0.25) is 11.9 Å². The van der Waals surface area contributed by atoms with Gasteiger partial charge in [0.25, 0.3) is 5.88 Å². The Balaban J connectivity index is 1.60. The van der Waals surface area contributed by atoms with Crippen LogP contribution in [0.2, 0.25) is 0 Å². The number of carbonyl (C=O) groups is 1. The van der Waals surface area contributed by atoms with Crippen LogP contribution in [0, 0.1) is 5.82 Å². The largest absolute Gasteiger partial charge is 0.395 e. The molecule has 1 aliphatic heterocycles. The predicted molar refractivity (Wildman–Crippen MR) is 114 cm³/mol. The quantitative estimate of drug-likeness (QED) is 0.637. The molecule has 2 heterocycles. The molecule has 3 aromatic rings. The second-order valence-corrected chi connectivity index (χ2v) is 7.86. The lowest BCUT2D eigenvalue weighted by molar-refractivity contribution is -0.118. The number of hydrogen-bond acceptors (Lipinski definition) is 5. The number of nitrogens with zero attached hydrogens (tertiary/aromatic N) is 3. The minimum atomic E-state index is -0.637. The molecule has 1 fully saturated rings. The summed E-state index contributed by atoms with van der Waals surface area (Å²) in [5.74, 6) is -0.00212. The van der Waals surface area contributed by atoms with E-state index in [9.17, 15) is 9.18 Å². The maximum Gasteiger partial charge on any atom is 0.253 e. The van der Waals surface area contributed by atoms with Gasteiger partial charge in [-0.15, -0.1) is 0 Å². The number of aromatic nitrogens is 1. The summed E-state index contributed by atoms with van der Waals surface area (Å²) >= 11 is 0. The molecule has 31 heavy (non-hydrogen) atoms. The summed E-state index contributed by atoms with van der Waals surface area (Å²) in [5.41, 5.74) is 2.04.